The molecule has 0 aliphatic rings. The highest BCUT2D eigenvalue weighted by Crippen LogP contribution is 2.12. The first-order valence-electron chi connectivity index (χ1n) is 6.19. The lowest BCUT2D eigenvalue weighted by atomic mass is 10.2. The van der Waals surface area contributed by atoms with Gasteiger partial charge in [-0.25, -0.2) is 0 Å². The standard InChI is InChI=1S/C15H16N2OS/c1-2-17(11-13-7-3-4-9-16-13)15(18)12-6-5-8-14(19)10-12/h3-10,19H,2,11H2,1H3. The van der Waals surface area contributed by atoms with Gasteiger partial charge in [-0.1, -0.05) is 12.1 Å². The van der Waals surface area contributed by atoms with Crippen LogP contribution in [0, 0.1) is 0 Å². The molecule has 2 rings (SSSR count). The predicted molar refractivity (Wildman–Crippen MR) is 78.3 cm³/mol. The SMILES string of the molecule is CCN(Cc1ccccn1)C(=O)c1cccc(S)c1. The van der Waals surface area contributed by atoms with E-state index in [1.165, 1.54) is 0 Å². The Morgan fingerprint density at radius 2 is 2.11 bits per heavy atom. The van der Waals surface area contributed by atoms with Gasteiger partial charge >= 0.3 is 0 Å². The number of benzene rings is 1. The van der Waals surface area contributed by atoms with Crippen molar-refractivity contribution < 1.29 is 4.79 Å². The van der Waals surface area contributed by atoms with Crippen molar-refractivity contribution in [3.05, 3.63) is 59.9 Å². The van der Waals surface area contributed by atoms with Gasteiger partial charge in [0.1, 0.15) is 0 Å². The van der Waals surface area contributed by atoms with Crippen molar-refractivity contribution in [1.82, 2.24) is 9.88 Å². The molecule has 3 nitrogen and oxygen atoms in total. The van der Waals surface area contributed by atoms with E-state index in [0.717, 1.165) is 10.6 Å². The van der Waals surface area contributed by atoms with Gasteiger partial charge in [-0.15, -0.1) is 12.6 Å². The summed E-state index contributed by atoms with van der Waals surface area (Å²) < 4.78 is 0. The van der Waals surface area contributed by atoms with Crippen LogP contribution < -0.4 is 0 Å². The van der Waals surface area contributed by atoms with E-state index in [0.29, 0.717) is 18.7 Å². The highest BCUT2D eigenvalue weighted by molar-refractivity contribution is 7.80. The monoisotopic (exact) mass is 272 g/mol. The summed E-state index contributed by atoms with van der Waals surface area (Å²) in [5.41, 5.74) is 1.55. The largest absolute Gasteiger partial charge is 0.333 e. The number of thiol groups is 1. The van der Waals surface area contributed by atoms with Crippen LogP contribution in [-0.4, -0.2) is 22.3 Å². The molecule has 0 bridgehead atoms. The van der Waals surface area contributed by atoms with E-state index in [1.807, 2.05) is 43.3 Å². The maximum absolute atomic E-state index is 12.4. The van der Waals surface area contributed by atoms with Gasteiger partial charge in [-0.3, -0.25) is 9.78 Å². The number of carbonyl (C=O) groups excluding carboxylic acids is 1. The van der Waals surface area contributed by atoms with Crippen molar-refractivity contribution >= 4 is 18.5 Å². The van der Waals surface area contributed by atoms with Gasteiger partial charge in [-0.2, -0.15) is 0 Å². The zero-order valence-corrected chi connectivity index (χ0v) is 11.7. The summed E-state index contributed by atoms with van der Waals surface area (Å²) in [5.74, 6) is 0.00375. The van der Waals surface area contributed by atoms with Gasteiger partial charge in [0, 0.05) is 23.2 Å². The zero-order chi connectivity index (χ0) is 13.7. The quantitative estimate of drug-likeness (QED) is 0.868. The molecule has 19 heavy (non-hydrogen) atoms. The third-order valence-corrected chi connectivity index (χ3v) is 3.12. The lowest BCUT2D eigenvalue weighted by molar-refractivity contribution is 0.0750. The summed E-state index contributed by atoms with van der Waals surface area (Å²) in [4.78, 5) is 19.2. The molecule has 1 amide bonds. The molecule has 1 aromatic heterocycles. The van der Waals surface area contributed by atoms with Crippen LogP contribution in [0.3, 0.4) is 0 Å². The van der Waals surface area contributed by atoms with E-state index in [9.17, 15) is 4.79 Å². The minimum absolute atomic E-state index is 0.00375. The number of carbonyl (C=O) groups is 1. The van der Waals surface area contributed by atoms with Crippen molar-refractivity contribution in [2.45, 2.75) is 18.4 Å². The predicted octanol–water partition coefficient (Wildman–Crippen LogP) is 3.03. The molecule has 0 saturated heterocycles. The van der Waals surface area contributed by atoms with Crippen LogP contribution in [-0.2, 0) is 6.54 Å². The fourth-order valence-corrected chi connectivity index (χ4v) is 2.06. The van der Waals surface area contributed by atoms with E-state index >= 15 is 0 Å². The van der Waals surface area contributed by atoms with Crippen molar-refractivity contribution in [2.75, 3.05) is 6.54 Å². The number of amides is 1. The Morgan fingerprint density at radius 1 is 1.26 bits per heavy atom. The maximum atomic E-state index is 12.4. The van der Waals surface area contributed by atoms with E-state index < -0.39 is 0 Å². The van der Waals surface area contributed by atoms with Gasteiger partial charge in [0.2, 0.25) is 0 Å². The summed E-state index contributed by atoms with van der Waals surface area (Å²) >= 11 is 4.26. The first-order valence-corrected chi connectivity index (χ1v) is 6.63. The van der Waals surface area contributed by atoms with Crippen molar-refractivity contribution in [2.24, 2.45) is 0 Å². The highest BCUT2D eigenvalue weighted by atomic mass is 32.1. The average Bonchev–Trinajstić information content (AvgIpc) is 2.45. The Hall–Kier alpha value is -1.81. The molecule has 4 heteroatoms. The molecule has 0 N–H and O–H groups in total. The van der Waals surface area contributed by atoms with E-state index in [4.69, 9.17) is 0 Å². The normalized spacial score (nSPS) is 10.2. The lowest BCUT2D eigenvalue weighted by Crippen LogP contribution is -2.30. The molecule has 1 heterocycles. The van der Waals surface area contributed by atoms with Crippen LogP contribution in [0.15, 0.2) is 53.6 Å². The van der Waals surface area contributed by atoms with Crippen LogP contribution in [0.2, 0.25) is 0 Å². The summed E-state index contributed by atoms with van der Waals surface area (Å²) in [6.07, 6.45) is 1.74. The molecule has 0 aliphatic heterocycles. The molecule has 0 radical (unpaired) electrons. The summed E-state index contributed by atoms with van der Waals surface area (Å²) in [5, 5.41) is 0. The van der Waals surface area contributed by atoms with Crippen LogP contribution in [0.4, 0.5) is 0 Å². The Bertz CT molecular complexity index is 557. The Labute approximate surface area is 118 Å². The fraction of sp³-hybridized carbons (Fsp3) is 0.200. The third kappa shape index (κ3) is 3.58. The van der Waals surface area contributed by atoms with Gasteiger partial charge in [0.05, 0.1) is 12.2 Å². The van der Waals surface area contributed by atoms with Crippen molar-refractivity contribution in [3.8, 4) is 0 Å². The molecule has 0 aliphatic carbocycles. The van der Waals surface area contributed by atoms with E-state index in [-0.39, 0.29) is 5.91 Å². The van der Waals surface area contributed by atoms with Crippen molar-refractivity contribution in [1.29, 1.82) is 0 Å². The number of nitrogens with zero attached hydrogens (tertiary/aromatic N) is 2. The number of hydrogen-bond acceptors (Lipinski definition) is 3. The number of hydrogen-bond donors (Lipinski definition) is 1. The Balaban J connectivity index is 2.16. The number of aromatic nitrogens is 1. The third-order valence-electron chi connectivity index (χ3n) is 2.84. The van der Waals surface area contributed by atoms with Gasteiger partial charge in [-0.05, 0) is 37.3 Å². The molecule has 0 atom stereocenters. The van der Waals surface area contributed by atoms with E-state index in [1.54, 1.807) is 17.2 Å². The molecule has 1 aromatic carbocycles. The van der Waals surface area contributed by atoms with Crippen LogP contribution in [0.5, 0.6) is 0 Å². The minimum Gasteiger partial charge on any atom is -0.333 e. The van der Waals surface area contributed by atoms with E-state index in [2.05, 4.69) is 17.6 Å². The lowest BCUT2D eigenvalue weighted by Gasteiger charge is -2.20. The zero-order valence-electron chi connectivity index (χ0n) is 10.8. The number of rotatable bonds is 4. The molecular formula is C15H16N2OS. The van der Waals surface area contributed by atoms with Gasteiger partial charge in [0.25, 0.3) is 5.91 Å². The molecule has 98 valence electrons. The van der Waals surface area contributed by atoms with Crippen LogP contribution >= 0.6 is 12.6 Å². The molecule has 2 aromatic rings. The molecule has 0 unspecified atom stereocenters. The van der Waals surface area contributed by atoms with Crippen molar-refractivity contribution in [3.63, 3.8) is 0 Å². The molecular weight excluding hydrogens is 256 g/mol. The molecule has 0 fully saturated rings. The van der Waals surface area contributed by atoms with Crippen LogP contribution in [0.25, 0.3) is 0 Å². The molecule has 0 saturated carbocycles. The number of pyridine rings is 1. The first kappa shape index (κ1) is 13.6. The fourth-order valence-electron chi connectivity index (χ4n) is 1.84. The van der Waals surface area contributed by atoms with Gasteiger partial charge in [0.15, 0.2) is 0 Å². The topological polar surface area (TPSA) is 33.2 Å². The Morgan fingerprint density at radius 3 is 2.74 bits per heavy atom. The Kier molecular flexibility index (Phi) is 4.58. The second kappa shape index (κ2) is 6.38. The highest BCUT2D eigenvalue weighted by Gasteiger charge is 2.14. The minimum atomic E-state index is 0.00375. The summed E-state index contributed by atoms with van der Waals surface area (Å²) in [6.45, 7) is 3.13. The smallest absolute Gasteiger partial charge is 0.254 e. The van der Waals surface area contributed by atoms with Gasteiger partial charge < -0.3 is 4.90 Å². The van der Waals surface area contributed by atoms with Crippen LogP contribution in [0.1, 0.15) is 23.0 Å². The average molecular weight is 272 g/mol. The first-order chi connectivity index (χ1) is 9.20. The summed E-state index contributed by atoms with van der Waals surface area (Å²) in [7, 11) is 0. The maximum Gasteiger partial charge on any atom is 0.254 e. The second-order valence-corrected chi connectivity index (χ2v) is 4.71. The molecule has 0 spiro atoms. The second-order valence-electron chi connectivity index (χ2n) is 4.19. The summed E-state index contributed by atoms with van der Waals surface area (Å²) in [6, 6.07) is 13.0.